The minimum atomic E-state index is -0.718. The molecule has 176 valence electrons. The van der Waals surface area contributed by atoms with Crippen molar-refractivity contribution in [1.82, 2.24) is 4.90 Å². The smallest absolute Gasteiger partial charge is 0.165 e. The molecule has 4 rings (SSSR count). The molecule has 0 saturated carbocycles. The molecule has 0 aromatic heterocycles. The van der Waals surface area contributed by atoms with Gasteiger partial charge in [-0.1, -0.05) is 60.7 Å². The molecule has 1 aliphatic rings. The third-order valence-corrected chi connectivity index (χ3v) is 6.97. The van der Waals surface area contributed by atoms with Crippen LogP contribution in [0.25, 0.3) is 0 Å². The first-order chi connectivity index (χ1) is 16.4. The predicted molar refractivity (Wildman–Crippen MR) is 132 cm³/mol. The molecule has 0 bridgehead atoms. The van der Waals surface area contributed by atoms with Gasteiger partial charge in [0.05, 0.1) is 13.2 Å². The van der Waals surface area contributed by atoms with Crippen molar-refractivity contribution in [1.29, 1.82) is 5.26 Å². The Bertz CT molecular complexity index is 1100. The van der Waals surface area contributed by atoms with Gasteiger partial charge in [-0.25, -0.2) is 4.39 Å². The lowest BCUT2D eigenvalue weighted by molar-refractivity contribution is -0.0477. The number of methoxy groups -OCH3 is 1. The molecule has 1 fully saturated rings. The summed E-state index contributed by atoms with van der Waals surface area (Å²) in [6.07, 6.45) is 1.44. The van der Waals surface area contributed by atoms with Crippen molar-refractivity contribution >= 4 is 0 Å². The normalized spacial score (nSPS) is 14.8. The fraction of sp³-hybridized carbons (Fsp3) is 0.345. The zero-order valence-corrected chi connectivity index (χ0v) is 20.0. The zero-order valence-electron chi connectivity index (χ0n) is 20.0. The summed E-state index contributed by atoms with van der Waals surface area (Å²) in [6.45, 7) is 5.82. The molecule has 0 aliphatic carbocycles. The first kappa shape index (κ1) is 23.8. The van der Waals surface area contributed by atoms with Gasteiger partial charge >= 0.3 is 0 Å². The van der Waals surface area contributed by atoms with Crippen LogP contribution in [-0.4, -0.2) is 36.7 Å². The molecule has 1 saturated heterocycles. The highest BCUT2D eigenvalue weighted by Gasteiger charge is 2.42. The maximum Gasteiger partial charge on any atom is 0.165 e. The Kier molecular flexibility index (Phi) is 6.90. The van der Waals surface area contributed by atoms with Crippen LogP contribution in [0.5, 0.6) is 11.5 Å². The summed E-state index contributed by atoms with van der Waals surface area (Å²) in [5.74, 6) is 0.407. The maximum absolute atomic E-state index is 14.1. The lowest BCUT2D eigenvalue weighted by Crippen LogP contribution is -2.62. The number of nitriles is 1. The minimum absolute atomic E-state index is 0.0788. The number of rotatable bonds is 9. The summed E-state index contributed by atoms with van der Waals surface area (Å²) < 4.78 is 25.2. The molecular formula is C29H31FN2O2. The second-order valence-electron chi connectivity index (χ2n) is 9.50. The van der Waals surface area contributed by atoms with Crippen LogP contribution in [0.3, 0.4) is 0 Å². The fourth-order valence-corrected chi connectivity index (χ4v) is 4.62. The van der Waals surface area contributed by atoms with Crippen LogP contribution in [0.2, 0.25) is 0 Å². The van der Waals surface area contributed by atoms with Crippen LogP contribution >= 0.6 is 0 Å². The highest BCUT2D eigenvalue weighted by atomic mass is 19.1. The third kappa shape index (κ3) is 4.78. The number of hydrogen-bond acceptors (Lipinski definition) is 4. The van der Waals surface area contributed by atoms with E-state index in [0.717, 1.165) is 17.5 Å². The zero-order chi connectivity index (χ0) is 24.2. The van der Waals surface area contributed by atoms with Crippen molar-refractivity contribution in [2.24, 2.45) is 0 Å². The Morgan fingerprint density at radius 2 is 1.53 bits per heavy atom. The van der Waals surface area contributed by atoms with Gasteiger partial charge in [-0.2, -0.15) is 5.26 Å². The molecule has 0 unspecified atom stereocenters. The van der Waals surface area contributed by atoms with Crippen molar-refractivity contribution in [3.8, 4) is 17.6 Å². The highest BCUT2D eigenvalue weighted by Crippen LogP contribution is 2.40. The Morgan fingerprint density at radius 1 is 0.941 bits per heavy atom. The molecule has 3 aromatic rings. The van der Waals surface area contributed by atoms with Gasteiger partial charge in [0.25, 0.3) is 0 Å². The second-order valence-corrected chi connectivity index (χ2v) is 9.50. The molecule has 0 radical (unpaired) electrons. The van der Waals surface area contributed by atoms with Crippen LogP contribution in [0, 0.1) is 17.1 Å². The molecule has 5 heteroatoms. The van der Waals surface area contributed by atoms with Gasteiger partial charge in [0.1, 0.15) is 17.3 Å². The first-order valence-corrected chi connectivity index (χ1v) is 11.7. The van der Waals surface area contributed by atoms with Gasteiger partial charge in [-0.05, 0) is 49.9 Å². The highest BCUT2D eigenvalue weighted by molar-refractivity contribution is 5.45. The van der Waals surface area contributed by atoms with E-state index in [1.165, 1.54) is 6.07 Å². The topological polar surface area (TPSA) is 45.5 Å². The largest absolute Gasteiger partial charge is 0.497 e. The molecule has 3 aromatic carbocycles. The Labute approximate surface area is 201 Å². The van der Waals surface area contributed by atoms with Gasteiger partial charge in [-0.3, -0.25) is 4.90 Å². The van der Waals surface area contributed by atoms with Crippen molar-refractivity contribution in [2.45, 2.75) is 43.7 Å². The maximum atomic E-state index is 14.1. The monoisotopic (exact) mass is 458 g/mol. The summed E-state index contributed by atoms with van der Waals surface area (Å²) in [4.78, 5) is 2.34. The molecule has 1 heterocycles. The van der Waals surface area contributed by atoms with Gasteiger partial charge in [0.15, 0.2) is 11.6 Å². The molecule has 4 nitrogen and oxygen atoms in total. The molecule has 34 heavy (non-hydrogen) atoms. The van der Waals surface area contributed by atoms with Gasteiger partial charge < -0.3 is 9.47 Å². The Morgan fingerprint density at radius 3 is 2.06 bits per heavy atom. The van der Waals surface area contributed by atoms with Crippen LogP contribution < -0.4 is 9.47 Å². The fourth-order valence-electron chi connectivity index (χ4n) is 4.62. The van der Waals surface area contributed by atoms with Crippen LogP contribution in [0.1, 0.15) is 37.8 Å². The Balaban J connectivity index is 1.45. The van der Waals surface area contributed by atoms with E-state index in [-0.39, 0.29) is 23.2 Å². The lowest BCUT2D eigenvalue weighted by Gasteiger charge is -2.49. The number of nitrogens with zero attached hydrogens (tertiary/aromatic N) is 2. The number of likely N-dealkylation sites (tertiary alicyclic amines) is 1. The number of halogens is 1. The summed E-state index contributed by atoms with van der Waals surface area (Å²) >= 11 is 0. The van der Waals surface area contributed by atoms with Gasteiger partial charge in [0, 0.05) is 24.7 Å². The van der Waals surface area contributed by atoms with E-state index in [4.69, 9.17) is 9.47 Å². The van der Waals surface area contributed by atoms with Crippen LogP contribution in [0.15, 0.2) is 78.9 Å². The predicted octanol–water partition coefficient (Wildman–Crippen LogP) is 5.97. The number of hydrogen-bond donors (Lipinski definition) is 0. The quantitative estimate of drug-likeness (QED) is 0.397. The van der Waals surface area contributed by atoms with Gasteiger partial charge in [0.2, 0.25) is 0 Å². The molecule has 0 N–H and O–H groups in total. The second kappa shape index (κ2) is 9.87. The van der Waals surface area contributed by atoms with Crippen molar-refractivity contribution < 1.29 is 13.9 Å². The minimum Gasteiger partial charge on any atom is -0.497 e. The summed E-state index contributed by atoms with van der Waals surface area (Å²) in [7, 11) is 1.55. The standard InChI is InChI=1S/C29H31FN2O2/c1-28(2,32-19-25(20-32)34-27-18-24(33-3)14-15-26(27)30)16-17-29(21-31,22-10-6-4-7-11-22)23-12-8-5-9-13-23/h4-15,18,25H,16-17,19-20H2,1-3H3. The summed E-state index contributed by atoms with van der Waals surface area (Å²) in [5.41, 5.74) is 1.17. The van der Waals surface area contributed by atoms with E-state index in [0.29, 0.717) is 25.3 Å². The molecular weight excluding hydrogens is 427 g/mol. The number of benzene rings is 3. The molecule has 0 atom stereocenters. The van der Waals surface area contributed by atoms with Crippen molar-refractivity contribution in [3.63, 3.8) is 0 Å². The molecule has 0 spiro atoms. The summed E-state index contributed by atoms with van der Waals surface area (Å²) in [5, 5.41) is 10.4. The van der Waals surface area contributed by atoms with E-state index in [1.807, 2.05) is 60.7 Å². The molecule has 1 aliphatic heterocycles. The van der Waals surface area contributed by atoms with E-state index in [2.05, 4.69) is 24.8 Å². The van der Waals surface area contributed by atoms with Crippen LogP contribution in [0.4, 0.5) is 4.39 Å². The van der Waals surface area contributed by atoms with Crippen LogP contribution in [-0.2, 0) is 5.41 Å². The van der Waals surface area contributed by atoms with Crippen molar-refractivity contribution in [2.75, 3.05) is 20.2 Å². The molecule has 0 amide bonds. The van der Waals surface area contributed by atoms with Crippen molar-refractivity contribution in [3.05, 3.63) is 95.8 Å². The number of ether oxygens (including phenoxy) is 2. The lowest BCUT2D eigenvalue weighted by atomic mass is 9.70. The van der Waals surface area contributed by atoms with E-state index < -0.39 is 5.41 Å². The SMILES string of the molecule is COc1ccc(F)c(OC2CN(C(C)(C)CCC(C#N)(c3ccccc3)c3ccccc3)C2)c1. The Hall–Kier alpha value is -3.36. The van der Waals surface area contributed by atoms with E-state index in [9.17, 15) is 9.65 Å². The summed E-state index contributed by atoms with van der Waals surface area (Å²) in [6, 6.07) is 27.3. The average molecular weight is 459 g/mol. The van der Waals surface area contributed by atoms with Gasteiger partial charge in [-0.15, -0.1) is 0 Å². The average Bonchev–Trinajstić information content (AvgIpc) is 2.84. The third-order valence-electron chi connectivity index (χ3n) is 6.97. The first-order valence-electron chi connectivity index (χ1n) is 11.7. The van der Waals surface area contributed by atoms with E-state index in [1.54, 1.807) is 19.2 Å². The van der Waals surface area contributed by atoms with E-state index >= 15 is 0 Å².